The molecule has 5 nitrogen and oxygen atoms in total. The van der Waals surface area contributed by atoms with Crippen LogP contribution in [0.1, 0.15) is 53.4 Å². The molecular formula is C15H24N2O3. The highest BCUT2D eigenvalue weighted by Crippen LogP contribution is 2.14. The third kappa shape index (κ3) is 7.64. The molecule has 0 saturated heterocycles. The van der Waals surface area contributed by atoms with E-state index in [2.05, 4.69) is 36.4 Å². The Bertz CT molecular complexity index is 417. The molecule has 0 aromatic heterocycles. The predicted octanol–water partition coefficient (Wildman–Crippen LogP) is 2.95. The summed E-state index contributed by atoms with van der Waals surface area (Å²) >= 11 is 0. The molecule has 0 saturated carbocycles. The minimum atomic E-state index is -0.864. The number of allylic oxidation sites excluding steroid dienone is 2. The van der Waals surface area contributed by atoms with E-state index in [-0.39, 0.29) is 13.0 Å². The molecule has 0 rings (SSSR count). The summed E-state index contributed by atoms with van der Waals surface area (Å²) in [5.74, 6) is -0.964. The molecule has 5 heteroatoms. The average Bonchev–Trinajstić information content (AvgIpc) is 2.37. The van der Waals surface area contributed by atoms with Gasteiger partial charge in [-0.15, -0.1) is 0 Å². The number of nitrogens with zero attached hydrogens (tertiary/aromatic N) is 2. The second kappa shape index (κ2) is 10.1. The maximum absolute atomic E-state index is 11.8. The highest BCUT2D eigenvalue weighted by Gasteiger charge is 2.30. The number of hydrogen-bond donors (Lipinski definition) is 0. The standard InChI is InChI=1S/C15H24N2O3/c1-5-20-15(19)14(17-16)13(18)10-9-12(4)8-6-7-11(2)3/h7,12H,5-6,8-10H2,1-4H3/t12-/m1/s1. The first kappa shape index (κ1) is 18.3. The summed E-state index contributed by atoms with van der Waals surface area (Å²) in [6.45, 7) is 7.94. The summed E-state index contributed by atoms with van der Waals surface area (Å²) in [7, 11) is 0. The molecule has 0 unspecified atom stereocenters. The smallest absolute Gasteiger partial charge is 0.441 e. The van der Waals surface area contributed by atoms with Gasteiger partial charge in [-0.1, -0.05) is 18.6 Å². The first-order valence-corrected chi connectivity index (χ1v) is 6.98. The number of carbonyl (C=O) groups is 2. The van der Waals surface area contributed by atoms with Gasteiger partial charge in [-0.25, -0.2) is 4.79 Å². The van der Waals surface area contributed by atoms with Gasteiger partial charge in [-0.3, -0.25) is 4.79 Å². The maximum Gasteiger partial charge on any atom is 0.441 e. The molecule has 0 aromatic rings. The largest absolute Gasteiger partial charge is 0.457 e. The Morgan fingerprint density at radius 2 is 1.95 bits per heavy atom. The fourth-order valence-electron chi connectivity index (χ4n) is 1.71. The van der Waals surface area contributed by atoms with Crippen LogP contribution in [0.15, 0.2) is 11.6 Å². The zero-order chi connectivity index (χ0) is 15.5. The lowest BCUT2D eigenvalue weighted by molar-refractivity contribution is -0.141. The minimum absolute atomic E-state index is 0.143. The maximum atomic E-state index is 11.8. The molecule has 0 aliphatic heterocycles. The van der Waals surface area contributed by atoms with E-state index in [1.54, 1.807) is 6.92 Å². The zero-order valence-corrected chi connectivity index (χ0v) is 12.8. The molecule has 0 N–H and O–H groups in total. The summed E-state index contributed by atoms with van der Waals surface area (Å²) in [6, 6.07) is 0. The van der Waals surface area contributed by atoms with Crippen LogP contribution in [-0.4, -0.2) is 28.9 Å². The predicted molar refractivity (Wildman–Crippen MR) is 77.3 cm³/mol. The second-order valence-corrected chi connectivity index (χ2v) is 5.09. The Morgan fingerprint density at radius 1 is 1.30 bits per heavy atom. The molecule has 0 aromatic carbocycles. The SMILES string of the molecule is CCOC(=O)C(=[N+]=[N-])C(=O)CC[C@H](C)CCC=C(C)C. The molecule has 0 aliphatic carbocycles. The van der Waals surface area contributed by atoms with Crippen molar-refractivity contribution in [1.29, 1.82) is 0 Å². The number of esters is 1. The lowest BCUT2D eigenvalue weighted by atomic mass is 9.97. The first-order valence-electron chi connectivity index (χ1n) is 6.98. The molecule has 112 valence electrons. The number of Topliss-reactive ketones (excluding diaryl/α,β-unsaturated/α-hetero) is 1. The molecule has 0 spiro atoms. The summed E-state index contributed by atoms with van der Waals surface area (Å²) in [5, 5.41) is 0. The number of carbonyl (C=O) groups excluding carboxylic acids is 2. The summed E-state index contributed by atoms with van der Waals surface area (Å²) in [5.41, 5.74) is 9.49. The number of ketones is 1. The molecule has 0 heterocycles. The van der Waals surface area contributed by atoms with Gasteiger partial charge in [0.1, 0.15) is 0 Å². The van der Waals surface area contributed by atoms with E-state index in [1.807, 2.05) is 0 Å². The third-order valence-corrected chi connectivity index (χ3v) is 2.91. The van der Waals surface area contributed by atoms with Crippen molar-refractivity contribution in [2.75, 3.05) is 6.61 Å². The van der Waals surface area contributed by atoms with E-state index >= 15 is 0 Å². The van der Waals surface area contributed by atoms with E-state index in [0.29, 0.717) is 12.3 Å². The Hall–Kier alpha value is -1.74. The summed E-state index contributed by atoms with van der Waals surface area (Å²) < 4.78 is 4.66. The van der Waals surface area contributed by atoms with Crippen LogP contribution in [0.25, 0.3) is 5.53 Å². The van der Waals surface area contributed by atoms with E-state index in [9.17, 15) is 9.59 Å². The number of ether oxygens (including phenoxy) is 1. The van der Waals surface area contributed by atoms with Crippen LogP contribution < -0.4 is 0 Å². The lowest BCUT2D eigenvalue weighted by Gasteiger charge is -2.08. The van der Waals surface area contributed by atoms with Crippen LogP contribution in [-0.2, 0) is 14.3 Å². The molecular weight excluding hydrogens is 256 g/mol. The van der Waals surface area contributed by atoms with Crippen molar-refractivity contribution in [3.05, 3.63) is 17.2 Å². The van der Waals surface area contributed by atoms with Crippen molar-refractivity contribution in [3.8, 4) is 0 Å². The fourth-order valence-corrected chi connectivity index (χ4v) is 1.71. The Balaban J connectivity index is 4.23. The van der Waals surface area contributed by atoms with Crippen LogP contribution in [0, 0.1) is 5.92 Å². The highest BCUT2D eigenvalue weighted by atomic mass is 16.5. The second-order valence-electron chi connectivity index (χ2n) is 5.09. The molecule has 20 heavy (non-hydrogen) atoms. The van der Waals surface area contributed by atoms with E-state index < -0.39 is 17.5 Å². The van der Waals surface area contributed by atoms with Crippen molar-refractivity contribution in [2.24, 2.45) is 5.92 Å². The van der Waals surface area contributed by atoms with Crippen LogP contribution in [0.3, 0.4) is 0 Å². The van der Waals surface area contributed by atoms with Gasteiger partial charge in [0.2, 0.25) is 0 Å². The molecule has 0 bridgehead atoms. The molecule has 0 fully saturated rings. The van der Waals surface area contributed by atoms with Gasteiger partial charge in [0.25, 0.3) is 5.78 Å². The van der Waals surface area contributed by atoms with E-state index in [4.69, 9.17) is 5.53 Å². The van der Waals surface area contributed by atoms with Crippen LogP contribution in [0.2, 0.25) is 0 Å². The van der Waals surface area contributed by atoms with Crippen molar-refractivity contribution < 1.29 is 19.1 Å². The molecule has 0 radical (unpaired) electrons. The van der Waals surface area contributed by atoms with E-state index in [0.717, 1.165) is 12.8 Å². The van der Waals surface area contributed by atoms with E-state index in [1.165, 1.54) is 5.57 Å². The van der Waals surface area contributed by atoms with Crippen molar-refractivity contribution in [1.82, 2.24) is 0 Å². The van der Waals surface area contributed by atoms with Gasteiger partial charge in [0.15, 0.2) is 0 Å². The first-order chi connectivity index (χ1) is 9.42. The monoisotopic (exact) mass is 280 g/mol. The van der Waals surface area contributed by atoms with Crippen LogP contribution in [0.5, 0.6) is 0 Å². The van der Waals surface area contributed by atoms with Gasteiger partial charge in [-0.2, -0.15) is 4.79 Å². The number of hydrogen-bond acceptors (Lipinski definition) is 3. The van der Waals surface area contributed by atoms with Crippen LogP contribution >= 0.6 is 0 Å². The Labute approximate surface area is 120 Å². The lowest BCUT2D eigenvalue weighted by Crippen LogP contribution is -2.27. The number of rotatable bonds is 9. The Kier molecular flexibility index (Phi) is 9.22. The minimum Gasteiger partial charge on any atom is -0.457 e. The summed E-state index contributed by atoms with van der Waals surface area (Å²) in [6.07, 6.45) is 4.99. The van der Waals surface area contributed by atoms with Crippen molar-refractivity contribution in [3.63, 3.8) is 0 Å². The highest BCUT2D eigenvalue weighted by molar-refractivity contribution is 6.62. The normalized spacial score (nSPS) is 11.2. The van der Waals surface area contributed by atoms with Gasteiger partial charge in [0, 0.05) is 6.42 Å². The fraction of sp³-hybridized carbons (Fsp3) is 0.667. The third-order valence-electron chi connectivity index (χ3n) is 2.91. The van der Waals surface area contributed by atoms with Gasteiger partial charge in [0.05, 0.1) is 6.61 Å². The topological polar surface area (TPSA) is 79.8 Å². The molecule has 1 atom stereocenters. The quantitative estimate of drug-likeness (QED) is 0.163. The van der Waals surface area contributed by atoms with Gasteiger partial charge >= 0.3 is 11.7 Å². The average molecular weight is 280 g/mol. The van der Waals surface area contributed by atoms with Crippen molar-refractivity contribution >= 4 is 17.5 Å². The summed E-state index contributed by atoms with van der Waals surface area (Å²) in [4.78, 5) is 25.9. The van der Waals surface area contributed by atoms with Gasteiger partial charge < -0.3 is 10.3 Å². The van der Waals surface area contributed by atoms with Gasteiger partial charge in [-0.05, 0) is 46.0 Å². The molecule has 0 amide bonds. The Morgan fingerprint density at radius 3 is 2.45 bits per heavy atom. The molecule has 0 aliphatic rings. The van der Waals surface area contributed by atoms with Crippen LogP contribution in [0.4, 0.5) is 0 Å². The zero-order valence-electron chi connectivity index (χ0n) is 12.8. The van der Waals surface area contributed by atoms with Crippen molar-refractivity contribution in [2.45, 2.75) is 53.4 Å².